The Labute approximate surface area is 212 Å². The number of aromatic nitrogens is 5. The molecule has 3 heterocycles. The highest BCUT2D eigenvalue weighted by molar-refractivity contribution is 6.05. The molecule has 0 aliphatic carbocycles. The van der Waals surface area contributed by atoms with Gasteiger partial charge < -0.3 is 14.7 Å². The van der Waals surface area contributed by atoms with E-state index in [0.717, 1.165) is 17.0 Å². The van der Waals surface area contributed by atoms with Crippen LogP contribution in [-0.4, -0.2) is 48.4 Å². The third-order valence-corrected chi connectivity index (χ3v) is 5.84. The minimum atomic E-state index is -0.977. The number of nitrogens with zero attached hydrogens (tertiary/aromatic N) is 6. The molecule has 0 aliphatic heterocycles. The molecule has 2 aromatic carbocycles. The molecule has 0 bridgehead atoms. The zero-order valence-electron chi connectivity index (χ0n) is 20.5. The Morgan fingerprint density at radius 3 is 2.49 bits per heavy atom. The Balaban J connectivity index is 1.37. The molecule has 1 N–H and O–H groups in total. The molecule has 0 saturated carbocycles. The molecule has 5 rings (SSSR count). The molecule has 0 aliphatic rings. The van der Waals surface area contributed by atoms with E-state index in [2.05, 4.69) is 15.2 Å². The van der Waals surface area contributed by atoms with E-state index in [4.69, 9.17) is 9.84 Å². The molecule has 0 atom stereocenters. The van der Waals surface area contributed by atoms with Crippen molar-refractivity contribution in [2.45, 2.75) is 20.5 Å². The third-order valence-electron chi connectivity index (χ3n) is 5.84. The summed E-state index contributed by atoms with van der Waals surface area (Å²) in [7, 11) is 1.69. The molecule has 10 heteroatoms. The molecular weight excluding hydrogens is 472 g/mol. The molecule has 186 valence electrons. The quantitative estimate of drug-likeness (QED) is 0.361. The van der Waals surface area contributed by atoms with E-state index < -0.39 is 5.97 Å². The number of rotatable bonds is 7. The van der Waals surface area contributed by atoms with Crippen LogP contribution < -0.4 is 9.64 Å². The number of amides is 1. The van der Waals surface area contributed by atoms with Gasteiger partial charge in [0, 0.05) is 24.7 Å². The molecular formula is C27H24N6O4. The second-order valence-corrected chi connectivity index (χ2v) is 8.64. The van der Waals surface area contributed by atoms with Crippen LogP contribution in [0, 0.1) is 13.8 Å². The summed E-state index contributed by atoms with van der Waals surface area (Å²) >= 11 is 0. The van der Waals surface area contributed by atoms with Gasteiger partial charge in [-0.3, -0.25) is 4.79 Å². The molecule has 0 fully saturated rings. The molecule has 3 aromatic heterocycles. The molecule has 0 unspecified atom stereocenters. The number of aromatic carboxylic acids is 1. The molecule has 10 nitrogen and oxygen atoms in total. The summed E-state index contributed by atoms with van der Waals surface area (Å²) in [5.74, 6) is -0.687. The first-order chi connectivity index (χ1) is 17.8. The van der Waals surface area contributed by atoms with Gasteiger partial charge in [0.25, 0.3) is 5.91 Å². The molecule has 0 radical (unpaired) electrons. The molecule has 37 heavy (non-hydrogen) atoms. The highest BCUT2D eigenvalue weighted by Crippen LogP contribution is 2.23. The van der Waals surface area contributed by atoms with E-state index in [-0.39, 0.29) is 18.1 Å². The number of carboxylic acid groups (broad SMARTS) is 1. The summed E-state index contributed by atoms with van der Waals surface area (Å²) in [6, 6.07) is 17.3. The van der Waals surface area contributed by atoms with Gasteiger partial charge in [0.15, 0.2) is 5.65 Å². The normalized spacial score (nSPS) is 11.0. The van der Waals surface area contributed by atoms with Crippen LogP contribution in [0.1, 0.15) is 37.7 Å². The van der Waals surface area contributed by atoms with Crippen molar-refractivity contribution >= 4 is 23.2 Å². The number of ether oxygens (including phenoxy) is 1. The van der Waals surface area contributed by atoms with Crippen molar-refractivity contribution in [2.75, 3.05) is 11.9 Å². The van der Waals surface area contributed by atoms with Crippen molar-refractivity contribution in [3.63, 3.8) is 0 Å². The Morgan fingerprint density at radius 1 is 0.973 bits per heavy atom. The summed E-state index contributed by atoms with van der Waals surface area (Å²) in [5, 5.41) is 18.0. The van der Waals surface area contributed by atoms with Crippen molar-refractivity contribution in [1.82, 2.24) is 24.4 Å². The van der Waals surface area contributed by atoms with Crippen molar-refractivity contribution in [3.05, 3.63) is 101 Å². The van der Waals surface area contributed by atoms with E-state index in [1.807, 2.05) is 26.0 Å². The zero-order chi connectivity index (χ0) is 26.1. The van der Waals surface area contributed by atoms with Crippen LogP contribution in [0.25, 0.3) is 11.3 Å². The van der Waals surface area contributed by atoms with E-state index in [1.165, 1.54) is 17.0 Å². The van der Waals surface area contributed by atoms with Gasteiger partial charge in [-0.05, 0) is 49.7 Å². The Hall–Kier alpha value is -4.99. The first-order valence-electron chi connectivity index (χ1n) is 11.5. The summed E-state index contributed by atoms with van der Waals surface area (Å²) in [4.78, 5) is 30.3. The summed E-state index contributed by atoms with van der Waals surface area (Å²) in [5.41, 5.74) is 5.09. The predicted octanol–water partition coefficient (Wildman–Crippen LogP) is 4.09. The number of carbonyl (C=O) groups excluding carboxylic acids is 1. The van der Waals surface area contributed by atoms with Gasteiger partial charge in [-0.2, -0.15) is 10.2 Å². The second-order valence-electron chi connectivity index (χ2n) is 8.64. The minimum absolute atomic E-state index is 0.211. The van der Waals surface area contributed by atoms with E-state index in [1.54, 1.807) is 65.0 Å². The summed E-state index contributed by atoms with van der Waals surface area (Å²) < 4.78 is 9.28. The van der Waals surface area contributed by atoms with Crippen LogP contribution in [0.3, 0.4) is 0 Å². The maximum atomic E-state index is 13.3. The van der Waals surface area contributed by atoms with Crippen LogP contribution in [0.4, 0.5) is 5.69 Å². The highest BCUT2D eigenvalue weighted by atomic mass is 16.5. The van der Waals surface area contributed by atoms with Crippen molar-refractivity contribution < 1.29 is 19.4 Å². The van der Waals surface area contributed by atoms with Gasteiger partial charge in [0.2, 0.25) is 5.88 Å². The molecule has 1 amide bonds. The monoisotopic (exact) mass is 496 g/mol. The first kappa shape index (κ1) is 23.7. The summed E-state index contributed by atoms with van der Waals surface area (Å²) in [6.07, 6.45) is 3.41. The largest absolute Gasteiger partial charge is 0.478 e. The van der Waals surface area contributed by atoms with E-state index in [9.17, 15) is 9.59 Å². The maximum absolute atomic E-state index is 13.3. The number of hydrogen-bond donors (Lipinski definition) is 1. The number of hydrogen-bond acceptors (Lipinski definition) is 6. The fraction of sp³-hybridized carbons (Fsp3) is 0.148. The lowest BCUT2D eigenvalue weighted by molar-refractivity contribution is 0.0696. The van der Waals surface area contributed by atoms with Crippen molar-refractivity contribution in [2.24, 2.45) is 0 Å². The first-order valence-corrected chi connectivity index (χ1v) is 11.5. The zero-order valence-corrected chi connectivity index (χ0v) is 20.5. The van der Waals surface area contributed by atoms with Gasteiger partial charge in [-0.1, -0.05) is 18.2 Å². The van der Waals surface area contributed by atoms with Crippen LogP contribution in [0.2, 0.25) is 0 Å². The Kier molecular flexibility index (Phi) is 6.14. The standard InChI is InChI=1S/C27H24N6O4/c1-17-11-24-28-14-23(15-32(24)29-17)31(3)26(34)21-5-4-6-22(13-21)33-25(12-18(2)30-33)37-16-19-7-9-20(10-8-19)27(35)36/h4-15H,16H2,1-3H3,(H,35,36). The number of anilines is 1. The number of aryl methyl sites for hydroxylation is 2. The third kappa shape index (κ3) is 4.90. The highest BCUT2D eigenvalue weighted by Gasteiger charge is 2.17. The van der Waals surface area contributed by atoms with Crippen LogP contribution in [0.5, 0.6) is 5.88 Å². The van der Waals surface area contributed by atoms with Gasteiger partial charge >= 0.3 is 5.97 Å². The number of carbonyl (C=O) groups is 2. The average Bonchev–Trinajstić information content (AvgIpc) is 3.47. The second kappa shape index (κ2) is 9.57. The van der Waals surface area contributed by atoms with Gasteiger partial charge in [0.05, 0.1) is 40.7 Å². The van der Waals surface area contributed by atoms with Gasteiger partial charge in [-0.15, -0.1) is 0 Å². The van der Waals surface area contributed by atoms with Crippen LogP contribution >= 0.6 is 0 Å². The number of benzene rings is 2. The van der Waals surface area contributed by atoms with E-state index in [0.29, 0.717) is 28.5 Å². The van der Waals surface area contributed by atoms with Crippen molar-refractivity contribution in [1.29, 1.82) is 0 Å². The van der Waals surface area contributed by atoms with E-state index >= 15 is 0 Å². The maximum Gasteiger partial charge on any atom is 0.335 e. The lowest BCUT2D eigenvalue weighted by atomic mass is 10.1. The Bertz CT molecular complexity index is 1620. The predicted molar refractivity (Wildman–Crippen MR) is 136 cm³/mol. The summed E-state index contributed by atoms with van der Waals surface area (Å²) in [6.45, 7) is 3.97. The topological polar surface area (TPSA) is 115 Å². The van der Waals surface area contributed by atoms with Crippen molar-refractivity contribution in [3.8, 4) is 11.6 Å². The van der Waals surface area contributed by atoms with Gasteiger partial charge in [-0.25, -0.2) is 19.0 Å². The fourth-order valence-corrected chi connectivity index (χ4v) is 3.90. The fourth-order valence-electron chi connectivity index (χ4n) is 3.90. The smallest absolute Gasteiger partial charge is 0.335 e. The van der Waals surface area contributed by atoms with Crippen LogP contribution in [0.15, 0.2) is 73.1 Å². The molecule has 0 saturated heterocycles. The average molecular weight is 497 g/mol. The number of carboxylic acids is 1. The van der Waals surface area contributed by atoms with Gasteiger partial charge in [0.1, 0.15) is 6.61 Å². The molecule has 0 spiro atoms. The Morgan fingerprint density at radius 2 is 1.73 bits per heavy atom. The SMILES string of the molecule is Cc1cc(OCc2ccc(C(=O)O)cc2)n(-c2cccc(C(=O)N(C)c3cnc4cc(C)nn4c3)c2)n1. The molecule has 5 aromatic rings. The minimum Gasteiger partial charge on any atom is -0.478 e. The number of fused-ring (bicyclic) bond motifs is 1. The lowest BCUT2D eigenvalue weighted by Crippen LogP contribution is -2.26. The van der Waals surface area contributed by atoms with Crippen LogP contribution in [-0.2, 0) is 6.61 Å². The lowest BCUT2D eigenvalue weighted by Gasteiger charge is -2.17.